The normalized spacial score (nSPS) is 18.6. The zero-order chi connectivity index (χ0) is 21.5. The van der Waals surface area contributed by atoms with Crippen LogP contribution in [0.25, 0.3) is 0 Å². The van der Waals surface area contributed by atoms with Crippen molar-refractivity contribution in [1.82, 2.24) is 26.0 Å². The maximum atomic E-state index is 12.2. The molecule has 1 amide bonds. The number of amides is 1. The third-order valence-electron chi connectivity index (χ3n) is 5.35. The van der Waals surface area contributed by atoms with Crippen molar-refractivity contribution in [3.05, 3.63) is 59.7 Å². The van der Waals surface area contributed by atoms with Gasteiger partial charge in [0.05, 0.1) is 6.04 Å². The van der Waals surface area contributed by atoms with Crippen LogP contribution in [0.15, 0.2) is 48.5 Å². The lowest BCUT2D eigenvalue weighted by molar-refractivity contribution is 0.0827. The van der Waals surface area contributed by atoms with Crippen LogP contribution in [0.4, 0.5) is 0 Å². The molecule has 30 heavy (non-hydrogen) atoms. The average molecular weight is 412 g/mol. The number of nitrogens with one attached hydrogen (secondary N) is 3. The van der Waals surface area contributed by atoms with Gasteiger partial charge in [-0.1, -0.05) is 18.2 Å². The van der Waals surface area contributed by atoms with Gasteiger partial charge in [-0.15, -0.1) is 0 Å². The van der Waals surface area contributed by atoms with Crippen molar-refractivity contribution >= 4 is 5.91 Å². The molecule has 7 nitrogen and oxygen atoms in total. The van der Waals surface area contributed by atoms with E-state index in [0.717, 1.165) is 31.9 Å². The molecule has 2 unspecified atom stereocenters. The van der Waals surface area contributed by atoms with Gasteiger partial charge in [0.25, 0.3) is 5.91 Å². The lowest BCUT2D eigenvalue weighted by Gasteiger charge is -2.25. The SMILES string of the molecule is CNCCN(C)CC1CNNC1c1ccc(Oc2cccc(C(=O)N(C)C)c2)cc1. The first-order valence-corrected chi connectivity index (χ1v) is 10.4. The number of carbonyl (C=O) groups excluding carboxylic acids is 1. The number of likely N-dealkylation sites (N-methyl/N-ethyl adjacent to an activating group) is 2. The first-order chi connectivity index (χ1) is 14.5. The Bertz CT molecular complexity index is 825. The molecule has 1 aliphatic heterocycles. The second kappa shape index (κ2) is 10.5. The summed E-state index contributed by atoms with van der Waals surface area (Å²) in [4.78, 5) is 16.1. The van der Waals surface area contributed by atoms with Gasteiger partial charge in [-0.05, 0) is 50.0 Å². The van der Waals surface area contributed by atoms with Gasteiger partial charge in [-0.25, -0.2) is 5.43 Å². The van der Waals surface area contributed by atoms with Crippen molar-refractivity contribution in [2.24, 2.45) is 5.92 Å². The van der Waals surface area contributed by atoms with Crippen LogP contribution in [0.1, 0.15) is 22.0 Å². The molecule has 0 bridgehead atoms. The Morgan fingerprint density at radius 1 is 1.13 bits per heavy atom. The summed E-state index contributed by atoms with van der Waals surface area (Å²) in [6, 6.07) is 15.7. The summed E-state index contributed by atoms with van der Waals surface area (Å²) in [6.07, 6.45) is 0. The predicted octanol–water partition coefficient (Wildman–Crippen LogP) is 2.10. The molecule has 3 rings (SSSR count). The molecular formula is C23H33N5O2. The quantitative estimate of drug-likeness (QED) is 0.587. The van der Waals surface area contributed by atoms with Gasteiger partial charge in [0.1, 0.15) is 11.5 Å². The molecule has 1 aliphatic rings. The fraction of sp³-hybridized carbons (Fsp3) is 0.435. The van der Waals surface area contributed by atoms with Crippen LogP contribution in [0.3, 0.4) is 0 Å². The minimum absolute atomic E-state index is 0.0404. The summed E-state index contributed by atoms with van der Waals surface area (Å²) in [5.41, 5.74) is 8.56. The van der Waals surface area contributed by atoms with Gasteiger partial charge in [0.15, 0.2) is 0 Å². The summed E-state index contributed by atoms with van der Waals surface area (Å²) < 4.78 is 5.98. The Labute approximate surface area is 179 Å². The van der Waals surface area contributed by atoms with Crippen LogP contribution in [0.2, 0.25) is 0 Å². The molecule has 0 saturated carbocycles. The van der Waals surface area contributed by atoms with E-state index < -0.39 is 0 Å². The molecule has 0 radical (unpaired) electrons. The number of rotatable bonds is 9. The minimum Gasteiger partial charge on any atom is -0.457 e. The minimum atomic E-state index is -0.0404. The van der Waals surface area contributed by atoms with Gasteiger partial charge < -0.3 is 19.9 Å². The highest BCUT2D eigenvalue weighted by Gasteiger charge is 2.29. The molecular weight excluding hydrogens is 378 g/mol. The summed E-state index contributed by atoms with van der Waals surface area (Å²) in [5, 5.41) is 3.20. The van der Waals surface area contributed by atoms with Gasteiger partial charge >= 0.3 is 0 Å². The highest BCUT2D eigenvalue weighted by molar-refractivity contribution is 5.94. The van der Waals surface area contributed by atoms with Crippen LogP contribution in [0, 0.1) is 5.92 Å². The third kappa shape index (κ3) is 5.79. The van der Waals surface area contributed by atoms with E-state index in [1.165, 1.54) is 5.56 Å². The van der Waals surface area contributed by atoms with Gasteiger partial charge in [-0.2, -0.15) is 0 Å². The molecule has 2 aromatic carbocycles. The number of hydrogen-bond donors (Lipinski definition) is 3. The van der Waals surface area contributed by atoms with Crippen molar-refractivity contribution < 1.29 is 9.53 Å². The fourth-order valence-corrected chi connectivity index (χ4v) is 3.69. The first kappa shape index (κ1) is 22.2. The average Bonchev–Trinajstić information content (AvgIpc) is 3.20. The number of benzene rings is 2. The Morgan fingerprint density at radius 2 is 1.90 bits per heavy atom. The maximum Gasteiger partial charge on any atom is 0.253 e. The van der Waals surface area contributed by atoms with Crippen molar-refractivity contribution in [2.75, 3.05) is 54.4 Å². The molecule has 3 N–H and O–H groups in total. The summed E-state index contributed by atoms with van der Waals surface area (Å²) in [7, 11) is 7.63. The lowest BCUT2D eigenvalue weighted by atomic mass is 9.94. The Morgan fingerprint density at radius 3 is 2.60 bits per heavy atom. The lowest BCUT2D eigenvalue weighted by Crippen LogP contribution is -2.34. The van der Waals surface area contributed by atoms with Crippen molar-refractivity contribution in [3.63, 3.8) is 0 Å². The van der Waals surface area contributed by atoms with Gasteiger partial charge in [0.2, 0.25) is 0 Å². The number of hydrazine groups is 1. The molecule has 0 spiro atoms. The number of ether oxygens (including phenoxy) is 1. The van der Waals surface area contributed by atoms with E-state index in [1.54, 1.807) is 31.1 Å². The zero-order valence-corrected chi connectivity index (χ0v) is 18.3. The van der Waals surface area contributed by atoms with Gasteiger partial charge in [-0.3, -0.25) is 10.2 Å². The predicted molar refractivity (Wildman–Crippen MR) is 120 cm³/mol. The maximum absolute atomic E-state index is 12.2. The van der Waals surface area contributed by atoms with Crippen LogP contribution < -0.4 is 20.9 Å². The van der Waals surface area contributed by atoms with Gasteiger partial charge in [0, 0.05) is 51.8 Å². The molecule has 2 aromatic rings. The molecule has 7 heteroatoms. The van der Waals surface area contributed by atoms with E-state index in [2.05, 4.69) is 40.2 Å². The molecule has 162 valence electrons. The number of carbonyl (C=O) groups is 1. The van der Waals surface area contributed by atoms with E-state index in [4.69, 9.17) is 4.74 Å². The van der Waals surface area contributed by atoms with Crippen molar-refractivity contribution in [1.29, 1.82) is 0 Å². The number of nitrogens with zero attached hydrogens (tertiary/aromatic N) is 2. The Balaban J connectivity index is 1.63. The third-order valence-corrected chi connectivity index (χ3v) is 5.35. The highest BCUT2D eigenvalue weighted by atomic mass is 16.5. The van der Waals surface area contributed by atoms with E-state index in [1.807, 2.05) is 31.3 Å². The van der Waals surface area contributed by atoms with Crippen LogP contribution in [-0.4, -0.2) is 70.1 Å². The van der Waals surface area contributed by atoms with Crippen LogP contribution in [0.5, 0.6) is 11.5 Å². The zero-order valence-electron chi connectivity index (χ0n) is 18.3. The summed E-state index contributed by atoms with van der Waals surface area (Å²) >= 11 is 0. The first-order valence-electron chi connectivity index (χ1n) is 10.4. The van der Waals surface area contributed by atoms with E-state index >= 15 is 0 Å². The number of hydrogen-bond acceptors (Lipinski definition) is 6. The van der Waals surface area contributed by atoms with Crippen molar-refractivity contribution in [3.8, 4) is 11.5 Å². The standard InChI is InChI=1S/C23H33N5O2/c1-24-12-13-28(4)16-19-15-25-26-22(19)17-8-10-20(11-9-17)30-21-7-5-6-18(14-21)23(29)27(2)3/h5-11,14,19,22,24-26H,12-13,15-16H2,1-4H3. The van der Waals surface area contributed by atoms with Crippen molar-refractivity contribution in [2.45, 2.75) is 6.04 Å². The van der Waals surface area contributed by atoms with Crippen LogP contribution >= 0.6 is 0 Å². The second-order valence-corrected chi connectivity index (χ2v) is 8.03. The summed E-state index contributed by atoms with van der Waals surface area (Å²) in [6.45, 7) is 3.99. The van der Waals surface area contributed by atoms with E-state index in [0.29, 0.717) is 17.2 Å². The molecule has 2 atom stereocenters. The largest absolute Gasteiger partial charge is 0.457 e. The second-order valence-electron chi connectivity index (χ2n) is 8.03. The molecule has 0 aliphatic carbocycles. The van der Waals surface area contributed by atoms with Crippen LogP contribution in [-0.2, 0) is 0 Å². The molecule has 0 aromatic heterocycles. The van der Waals surface area contributed by atoms with E-state index in [-0.39, 0.29) is 11.9 Å². The summed E-state index contributed by atoms with van der Waals surface area (Å²) in [5.74, 6) is 1.86. The molecule has 1 heterocycles. The molecule has 1 saturated heterocycles. The van der Waals surface area contributed by atoms with E-state index in [9.17, 15) is 4.79 Å². The topological polar surface area (TPSA) is 68.9 Å². The Kier molecular flexibility index (Phi) is 7.81. The molecule has 1 fully saturated rings. The Hall–Kier alpha value is -2.45. The smallest absolute Gasteiger partial charge is 0.253 e. The monoisotopic (exact) mass is 411 g/mol. The fourth-order valence-electron chi connectivity index (χ4n) is 3.69. The highest BCUT2D eigenvalue weighted by Crippen LogP contribution is 2.29.